The van der Waals surface area contributed by atoms with Crippen LogP contribution in [0.25, 0.3) is 0 Å². The number of amides is 1. The second-order valence-electron chi connectivity index (χ2n) is 9.65. The third kappa shape index (κ3) is 11.5. The molecule has 0 aliphatic carbocycles. The molecule has 2 rings (SSSR count). The molecular weight excluding hydrogens is 497 g/mol. The number of aliphatic carboxylic acids is 1. The third-order valence-electron chi connectivity index (χ3n) is 6.47. The summed E-state index contributed by atoms with van der Waals surface area (Å²) in [7, 11) is 0. The predicted octanol–water partition coefficient (Wildman–Crippen LogP) is 6.49. The predicted molar refractivity (Wildman–Crippen MR) is 142 cm³/mol. The third-order valence-corrected chi connectivity index (χ3v) is 6.47. The SMILES string of the molecule is CCCCCCCCCCC(O)CNc1ccc(CC(NC(=O)C(=O)O)c2ccc(C(F)(F)F)cc2)cc1. The Morgan fingerprint density at radius 1 is 0.868 bits per heavy atom. The van der Waals surface area contributed by atoms with Gasteiger partial charge in [0.15, 0.2) is 0 Å². The van der Waals surface area contributed by atoms with Gasteiger partial charge in [0.05, 0.1) is 17.7 Å². The normalized spacial score (nSPS) is 13.1. The van der Waals surface area contributed by atoms with Crippen LogP contribution >= 0.6 is 0 Å². The van der Waals surface area contributed by atoms with Crippen LogP contribution in [-0.2, 0) is 22.2 Å². The summed E-state index contributed by atoms with van der Waals surface area (Å²) in [4.78, 5) is 22.8. The number of benzene rings is 2. The smallest absolute Gasteiger partial charge is 0.416 e. The number of halogens is 3. The molecule has 0 saturated carbocycles. The highest BCUT2D eigenvalue weighted by atomic mass is 19.4. The van der Waals surface area contributed by atoms with E-state index < -0.39 is 35.8 Å². The molecule has 6 nitrogen and oxygen atoms in total. The Balaban J connectivity index is 1.86. The topological polar surface area (TPSA) is 98.7 Å². The minimum Gasteiger partial charge on any atom is -0.474 e. The van der Waals surface area contributed by atoms with Crippen molar-refractivity contribution in [1.82, 2.24) is 5.32 Å². The second-order valence-corrected chi connectivity index (χ2v) is 9.65. The molecule has 210 valence electrons. The number of unbranched alkanes of at least 4 members (excludes halogenated alkanes) is 7. The van der Waals surface area contributed by atoms with Crippen molar-refractivity contribution in [2.75, 3.05) is 11.9 Å². The average Bonchev–Trinajstić information content (AvgIpc) is 2.89. The van der Waals surface area contributed by atoms with E-state index in [1.165, 1.54) is 50.7 Å². The van der Waals surface area contributed by atoms with Gasteiger partial charge in [-0.3, -0.25) is 4.79 Å². The summed E-state index contributed by atoms with van der Waals surface area (Å²) in [5, 5.41) is 24.8. The standard InChI is InChI=1S/C29H39F3N2O4/c1-2-3-4-5-6-7-8-9-10-25(35)20-33-24-17-11-21(12-18-24)19-26(34-27(36)28(37)38)22-13-15-23(16-14-22)29(30,31)32/h11-18,25-26,33,35H,2-10,19-20H2,1H3,(H,34,36)(H,37,38). The maximum atomic E-state index is 12.9. The first kappa shape index (κ1) is 31.1. The quantitative estimate of drug-likeness (QED) is 0.145. The molecule has 0 radical (unpaired) electrons. The lowest BCUT2D eigenvalue weighted by atomic mass is 9.97. The van der Waals surface area contributed by atoms with Gasteiger partial charge >= 0.3 is 18.1 Å². The highest BCUT2D eigenvalue weighted by Crippen LogP contribution is 2.30. The lowest BCUT2D eigenvalue weighted by molar-refractivity contribution is -0.150. The highest BCUT2D eigenvalue weighted by Gasteiger charge is 2.30. The summed E-state index contributed by atoms with van der Waals surface area (Å²) >= 11 is 0. The minimum absolute atomic E-state index is 0.186. The summed E-state index contributed by atoms with van der Waals surface area (Å²) in [6.07, 6.45) is 5.66. The van der Waals surface area contributed by atoms with E-state index >= 15 is 0 Å². The van der Waals surface area contributed by atoms with Gasteiger partial charge in [0.2, 0.25) is 0 Å². The van der Waals surface area contributed by atoms with Crippen LogP contribution in [0.1, 0.15) is 87.4 Å². The van der Waals surface area contributed by atoms with E-state index in [4.69, 9.17) is 5.11 Å². The van der Waals surface area contributed by atoms with Crippen LogP contribution in [0, 0.1) is 0 Å². The molecule has 0 heterocycles. The number of alkyl halides is 3. The molecule has 0 bridgehead atoms. The number of carbonyl (C=O) groups excluding carboxylic acids is 1. The van der Waals surface area contributed by atoms with Gasteiger partial charge in [-0.1, -0.05) is 82.6 Å². The van der Waals surface area contributed by atoms with Gasteiger partial charge in [0.25, 0.3) is 0 Å². The van der Waals surface area contributed by atoms with Gasteiger partial charge in [-0.05, 0) is 48.2 Å². The lowest BCUT2D eigenvalue weighted by Crippen LogP contribution is -2.35. The maximum absolute atomic E-state index is 12.9. The molecule has 0 fully saturated rings. The molecule has 2 unspecified atom stereocenters. The Kier molecular flexibility index (Phi) is 13.1. The number of rotatable bonds is 16. The molecule has 0 aliphatic rings. The number of anilines is 1. The lowest BCUT2D eigenvalue weighted by Gasteiger charge is -2.19. The number of nitrogens with one attached hydrogen (secondary N) is 2. The fraction of sp³-hybridized carbons (Fsp3) is 0.517. The molecule has 2 atom stereocenters. The summed E-state index contributed by atoms with van der Waals surface area (Å²) < 4.78 is 38.7. The highest BCUT2D eigenvalue weighted by molar-refractivity contribution is 6.31. The van der Waals surface area contributed by atoms with Gasteiger partial charge < -0.3 is 20.8 Å². The Morgan fingerprint density at radius 3 is 2.00 bits per heavy atom. The monoisotopic (exact) mass is 536 g/mol. The molecule has 0 aromatic heterocycles. The molecule has 0 saturated heterocycles. The van der Waals surface area contributed by atoms with Crippen molar-refractivity contribution >= 4 is 17.6 Å². The molecule has 9 heteroatoms. The van der Waals surface area contributed by atoms with E-state index in [2.05, 4.69) is 17.6 Å². The van der Waals surface area contributed by atoms with Crippen molar-refractivity contribution in [3.8, 4) is 0 Å². The number of aliphatic hydroxyl groups is 1. The first-order valence-electron chi connectivity index (χ1n) is 13.3. The van der Waals surface area contributed by atoms with Gasteiger partial charge in [-0.2, -0.15) is 13.2 Å². The average molecular weight is 537 g/mol. The summed E-state index contributed by atoms with van der Waals surface area (Å²) in [6.45, 7) is 2.62. The minimum atomic E-state index is -4.50. The first-order chi connectivity index (χ1) is 18.1. The number of carboxylic acid groups (broad SMARTS) is 1. The second kappa shape index (κ2) is 16.0. The van der Waals surface area contributed by atoms with Crippen LogP contribution < -0.4 is 10.6 Å². The Morgan fingerprint density at radius 2 is 1.45 bits per heavy atom. The molecule has 4 N–H and O–H groups in total. The van der Waals surface area contributed by atoms with E-state index in [1.54, 1.807) is 24.3 Å². The van der Waals surface area contributed by atoms with Crippen LogP contribution in [0.5, 0.6) is 0 Å². The Bertz CT molecular complexity index is 979. The van der Waals surface area contributed by atoms with Crippen LogP contribution in [0.2, 0.25) is 0 Å². The number of aliphatic hydroxyl groups excluding tert-OH is 1. The van der Waals surface area contributed by atoms with Gasteiger partial charge in [-0.15, -0.1) is 0 Å². The van der Waals surface area contributed by atoms with Crippen LogP contribution in [-0.4, -0.2) is 34.7 Å². The number of hydrogen-bond donors (Lipinski definition) is 4. The molecule has 0 aliphatic heterocycles. The van der Waals surface area contributed by atoms with Crippen LogP contribution in [0.4, 0.5) is 18.9 Å². The fourth-order valence-electron chi connectivity index (χ4n) is 4.22. The molecule has 2 aromatic carbocycles. The molecule has 1 amide bonds. The molecule has 0 spiro atoms. The first-order valence-corrected chi connectivity index (χ1v) is 13.3. The Hall–Kier alpha value is -3.07. The van der Waals surface area contributed by atoms with Gasteiger partial charge in [-0.25, -0.2) is 4.79 Å². The summed E-state index contributed by atoms with van der Waals surface area (Å²) in [5.74, 6) is -2.91. The zero-order chi connectivity index (χ0) is 28.0. The molecule has 38 heavy (non-hydrogen) atoms. The Labute approximate surface area is 222 Å². The van der Waals surface area contributed by atoms with Crippen molar-refractivity contribution in [2.24, 2.45) is 0 Å². The van der Waals surface area contributed by atoms with Crippen LogP contribution in [0.15, 0.2) is 48.5 Å². The van der Waals surface area contributed by atoms with E-state index in [0.717, 1.165) is 42.6 Å². The van der Waals surface area contributed by atoms with E-state index in [9.17, 15) is 27.9 Å². The van der Waals surface area contributed by atoms with Gasteiger partial charge in [0.1, 0.15) is 0 Å². The molecule has 2 aromatic rings. The number of carbonyl (C=O) groups is 2. The fourth-order valence-corrected chi connectivity index (χ4v) is 4.22. The summed E-state index contributed by atoms with van der Waals surface area (Å²) in [5.41, 5.74) is 1.08. The number of hydrogen-bond acceptors (Lipinski definition) is 4. The van der Waals surface area contributed by atoms with Crippen LogP contribution in [0.3, 0.4) is 0 Å². The largest absolute Gasteiger partial charge is 0.474 e. The van der Waals surface area contributed by atoms with E-state index in [0.29, 0.717) is 12.1 Å². The van der Waals surface area contributed by atoms with Crippen molar-refractivity contribution in [1.29, 1.82) is 0 Å². The van der Waals surface area contributed by atoms with Crippen molar-refractivity contribution in [3.05, 3.63) is 65.2 Å². The molecular formula is C29H39F3N2O4. The van der Waals surface area contributed by atoms with E-state index in [-0.39, 0.29) is 6.42 Å². The summed E-state index contributed by atoms with van der Waals surface area (Å²) in [6, 6.07) is 10.6. The zero-order valence-corrected chi connectivity index (χ0v) is 21.9. The maximum Gasteiger partial charge on any atom is 0.416 e. The van der Waals surface area contributed by atoms with Crippen molar-refractivity contribution < 1.29 is 33.0 Å². The van der Waals surface area contributed by atoms with Gasteiger partial charge in [0, 0.05) is 12.2 Å². The van der Waals surface area contributed by atoms with Crippen molar-refractivity contribution in [3.63, 3.8) is 0 Å². The zero-order valence-electron chi connectivity index (χ0n) is 21.9. The van der Waals surface area contributed by atoms with E-state index in [1.807, 2.05) is 0 Å². The number of carboxylic acids is 1. The van der Waals surface area contributed by atoms with Crippen molar-refractivity contribution in [2.45, 2.75) is 89.5 Å².